The number of aliphatic carboxylic acids is 1. The van der Waals surface area contributed by atoms with Gasteiger partial charge in [0, 0.05) is 0 Å². The van der Waals surface area contributed by atoms with Gasteiger partial charge >= 0.3 is 5.97 Å². The van der Waals surface area contributed by atoms with Gasteiger partial charge in [-0.05, 0) is 24.6 Å². The molecule has 0 spiro atoms. The van der Waals surface area contributed by atoms with Crippen molar-refractivity contribution in [2.45, 2.75) is 13.0 Å². The fourth-order valence-corrected chi connectivity index (χ4v) is 1.51. The number of ether oxygens (including phenoxy) is 2. The van der Waals surface area contributed by atoms with Crippen molar-refractivity contribution in [3.05, 3.63) is 29.8 Å². The standard InChI is InChI=1S/C13H17NO5/c1-9(10-4-3-5-11(6-10)18-2)14-12(15)7-19-8-13(16)17/h3-6,9H,7-8H2,1-2H3,(H,14,15)(H,16,17)/t9-/m0/s1. The van der Waals surface area contributed by atoms with Crippen molar-refractivity contribution in [2.75, 3.05) is 20.3 Å². The molecule has 0 aliphatic carbocycles. The summed E-state index contributed by atoms with van der Waals surface area (Å²) in [6, 6.07) is 7.12. The van der Waals surface area contributed by atoms with Crippen LogP contribution in [0.4, 0.5) is 0 Å². The minimum absolute atomic E-state index is 0.212. The van der Waals surface area contributed by atoms with Crippen molar-refractivity contribution in [3.63, 3.8) is 0 Å². The summed E-state index contributed by atoms with van der Waals surface area (Å²) in [5.74, 6) is -0.758. The van der Waals surface area contributed by atoms with Gasteiger partial charge in [0.2, 0.25) is 5.91 Å². The molecule has 0 aliphatic rings. The second-order valence-electron chi connectivity index (χ2n) is 3.95. The average molecular weight is 267 g/mol. The number of hydrogen-bond acceptors (Lipinski definition) is 4. The van der Waals surface area contributed by atoms with E-state index in [1.54, 1.807) is 7.11 Å². The maximum absolute atomic E-state index is 11.5. The molecule has 0 saturated carbocycles. The fourth-order valence-electron chi connectivity index (χ4n) is 1.51. The van der Waals surface area contributed by atoms with E-state index in [4.69, 9.17) is 14.6 Å². The number of amides is 1. The van der Waals surface area contributed by atoms with Gasteiger partial charge in [0.1, 0.15) is 19.0 Å². The van der Waals surface area contributed by atoms with Gasteiger partial charge in [-0.15, -0.1) is 0 Å². The van der Waals surface area contributed by atoms with E-state index in [-0.39, 0.29) is 18.6 Å². The van der Waals surface area contributed by atoms with Crippen LogP contribution in [0.5, 0.6) is 5.75 Å². The van der Waals surface area contributed by atoms with E-state index >= 15 is 0 Å². The van der Waals surface area contributed by atoms with Gasteiger partial charge < -0.3 is 19.9 Å². The Labute approximate surface area is 111 Å². The normalized spacial score (nSPS) is 11.7. The molecule has 0 heterocycles. The zero-order chi connectivity index (χ0) is 14.3. The lowest BCUT2D eigenvalue weighted by Crippen LogP contribution is -2.30. The van der Waals surface area contributed by atoms with Crippen molar-refractivity contribution in [2.24, 2.45) is 0 Å². The van der Waals surface area contributed by atoms with Crippen LogP contribution < -0.4 is 10.1 Å². The highest BCUT2D eigenvalue weighted by Gasteiger charge is 2.10. The Morgan fingerprint density at radius 2 is 2.11 bits per heavy atom. The molecule has 1 rings (SSSR count). The third-order valence-electron chi connectivity index (χ3n) is 2.43. The van der Waals surface area contributed by atoms with Crippen LogP contribution in [0.25, 0.3) is 0 Å². The summed E-state index contributed by atoms with van der Waals surface area (Å²) >= 11 is 0. The number of hydrogen-bond donors (Lipinski definition) is 2. The van der Waals surface area contributed by atoms with Crippen molar-refractivity contribution in [1.29, 1.82) is 0 Å². The zero-order valence-electron chi connectivity index (χ0n) is 10.9. The van der Waals surface area contributed by atoms with Crippen LogP contribution in [0.2, 0.25) is 0 Å². The molecule has 2 N–H and O–H groups in total. The molecule has 0 aliphatic heterocycles. The number of nitrogens with one attached hydrogen (secondary N) is 1. The SMILES string of the molecule is COc1cccc([C@H](C)NC(=O)COCC(=O)O)c1. The van der Waals surface area contributed by atoms with E-state index in [0.717, 1.165) is 5.56 Å². The Kier molecular flexibility index (Phi) is 5.81. The van der Waals surface area contributed by atoms with E-state index in [0.29, 0.717) is 5.75 Å². The molecule has 0 unspecified atom stereocenters. The van der Waals surface area contributed by atoms with Crippen molar-refractivity contribution in [1.82, 2.24) is 5.32 Å². The quantitative estimate of drug-likeness (QED) is 0.769. The minimum atomic E-state index is -1.10. The molecule has 6 nitrogen and oxygen atoms in total. The lowest BCUT2D eigenvalue weighted by Gasteiger charge is -2.15. The highest BCUT2D eigenvalue weighted by Crippen LogP contribution is 2.18. The number of benzene rings is 1. The maximum atomic E-state index is 11.5. The first-order chi connectivity index (χ1) is 9.02. The van der Waals surface area contributed by atoms with Gasteiger partial charge in [0.05, 0.1) is 13.2 Å². The first kappa shape index (κ1) is 15.0. The fraction of sp³-hybridized carbons (Fsp3) is 0.385. The number of rotatable bonds is 7. The summed E-state index contributed by atoms with van der Waals surface area (Å²) in [4.78, 5) is 21.7. The van der Waals surface area contributed by atoms with E-state index in [1.165, 1.54) is 0 Å². The second kappa shape index (κ2) is 7.38. The molecule has 1 amide bonds. The molecule has 6 heteroatoms. The van der Waals surface area contributed by atoms with Crippen molar-refractivity contribution in [3.8, 4) is 5.75 Å². The van der Waals surface area contributed by atoms with Crippen LogP contribution in [0.1, 0.15) is 18.5 Å². The van der Waals surface area contributed by atoms with E-state index < -0.39 is 12.6 Å². The zero-order valence-corrected chi connectivity index (χ0v) is 10.9. The lowest BCUT2D eigenvalue weighted by molar-refractivity contribution is -0.143. The number of carbonyl (C=O) groups is 2. The number of carboxylic acid groups (broad SMARTS) is 1. The number of methoxy groups -OCH3 is 1. The van der Waals surface area contributed by atoms with Gasteiger partial charge in [-0.1, -0.05) is 12.1 Å². The third kappa shape index (κ3) is 5.39. The summed E-state index contributed by atoms with van der Waals surface area (Å²) < 4.78 is 9.80. The lowest BCUT2D eigenvalue weighted by atomic mass is 10.1. The third-order valence-corrected chi connectivity index (χ3v) is 2.43. The smallest absolute Gasteiger partial charge is 0.329 e. The Balaban J connectivity index is 2.46. The van der Waals surface area contributed by atoms with Crippen molar-refractivity contribution >= 4 is 11.9 Å². The molecule has 1 aromatic rings. The molecule has 19 heavy (non-hydrogen) atoms. The molecule has 0 aromatic heterocycles. The average Bonchev–Trinajstić information content (AvgIpc) is 2.38. The van der Waals surface area contributed by atoms with Gasteiger partial charge in [0.15, 0.2) is 0 Å². The van der Waals surface area contributed by atoms with Crippen LogP contribution in [0.3, 0.4) is 0 Å². The van der Waals surface area contributed by atoms with E-state index in [2.05, 4.69) is 5.32 Å². The summed E-state index contributed by atoms with van der Waals surface area (Å²) in [6.45, 7) is 1.06. The molecule has 104 valence electrons. The van der Waals surface area contributed by atoms with Crippen LogP contribution in [-0.4, -0.2) is 37.3 Å². The van der Waals surface area contributed by atoms with Crippen molar-refractivity contribution < 1.29 is 24.2 Å². The molecule has 1 atom stereocenters. The summed E-state index contributed by atoms with van der Waals surface area (Å²) in [6.07, 6.45) is 0. The van der Waals surface area contributed by atoms with E-state index in [1.807, 2.05) is 31.2 Å². The first-order valence-electron chi connectivity index (χ1n) is 5.75. The number of carbonyl (C=O) groups excluding carboxylic acids is 1. The second-order valence-corrected chi connectivity index (χ2v) is 3.95. The molecule has 1 aromatic carbocycles. The Bertz CT molecular complexity index is 446. The Hall–Kier alpha value is -2.08. The minimum Gasteiger partial charge on any atom is -0.497 e. The van der Waals surface area contributed by atoms with Crippen LogP contribution in [0.15, 0.2) is 24.3 Å². The molecule has 0 fully saturated rings. The van der Waals surface area contributed by atoms with Crippen LogP contribution >= 0.6 is 0 Å². The number of carboxylic acids is 1. The largest absolute Gasteiger partial charge is 0.497 e. The van der Waals surface area contributed by atoms with Gasteiger partial charge in [0.25, 0.3) is 0 Å². The molecule has 0 radical (unpaired) electrons. The molecular weight excluding hydrogens is 250 g/mol. The summed E-state index contributed by atoms with van der Waals surface area (Å²) in [5, 5.41) is 11.1. The predicted molar refractivity (Wildman–Crippen MR) is 68.0 cm³/mol. The Morgan fingerprint density at radius 1 is 1.37 bits per heavy atom. The van der Waals surface area contributed by atoms with Gasteiger partial charge in [-0.2, -0.15) is 0 Å². The molecule has 0 saturated heterocycles. The van der Waals surface area contributed by atoms with E-state index in [9.17, 15) is 9.59 Å². The first-order valence-corrected chi connectivity index (χ1v) is 5.75. The van der Waals surface area contributed by atoms with Gasteiger partial charge in [-0.3, -0.25) is 4.79 Å². The Morgan fingerprint density at radius 3 is 2.74 bits per heavy atom. The predicted octanol–water partition coefficient (Wildman–Crippen LogP) is 0.974. The monoisotopic (exact) mass is 267 g/mol. The van der Waals surface area contributed by atoms with Crippen LogP contribution in [-0.2, 0) is 14.3 Å². The molecular formula is C13H17NO5. The summed E-state index contributed by atoms with van der Waals surface area (Å²) in [7, 11) is 1.57. The van der Waals surface area contributed by atoms with Gasteiger partial charge in [-0.25, -0.2) is 4.79 Å². The topological polar surface area (TPSA) is 84.9 Å². The highest BCUT2D eigenvalue weighted by atomic mass is 16.5. The maximum Gasteiger partial charge on any atom is 0.329 e. The highest BCUT2D eigenvalue weighted by molar-refractivity contribution is 5.78. The summed E-state index contributed by atoms with van der Waals surface area (Å²) in [5.41, 5.74) is 0.894. The molecule has 0 bridgehead atoms. The van der Waals surface area contributed by atoms with Crippen LogP contribution in [0, 0.1) is 0 Å².